The highest BCUT2D eigenvalue weighted by Gasteiger charge is 2.23. The Morgan fingerprint density at radius 2 is 1.42 bits per heavy atom. The zero-order valence-electron chi connectivity index (χ0n) is 23.8. The fourth-order valence-electron chi connectivity index (χ4n) is 5.45. The summed E-state index contributed by atoms with van der Waals surface area (Å²) in [6, 6.07) is 20.7. The predicted molar refractivity (Wildman–Crippen MR) is 165 cm³/mol. The van der Waals surface area contributed by atoms with Crippen LogP contribution in [0.4, 0.5) is 24.5 Å². The third-order valence-electron chi connectivity index (χ3n) is 7.84. The smallest absolute Gasteiger partial charge is 0.341 e. The largest absolute Gasteiger partial charge is 0.477 e. The van der Waals surface area contributed by atoms with Gasteiger partial charge in [0, 0.05) is 61.2 Å². The molecule has 0 aliphatic carbocycles. The van der Waals surface area contributed by atoms with Gasteiger partial charge in [0.2, 0.25) is 5.43 Å². The van der Waals surface area contributed by atoms with Crippen LogP contribution in [0, 0.1) is 17.5 Å². The van der Waals surface area contributed by atoms with E-state index in [4.69, 9.17) is 0 Å². The fourth-order valence-corrected chi connectivity index (χ4v) is 5.45. The Labute approximate surface area is 255 Å². The molecule has 0 saturated carbocycles. The highest BCUT2D eigenvalue weighted by molar-refractivity contribution is 6.04. The number of hydrogen-bond acceptors (Lipinski definition) is 5. The van der Waals surface area contributed by atoms with Gasteiger partial charge < -0.3 is 19.9 Å². The van der Waals surface area contributed by atoms with Crippen LogP contribution in [-0.4, -0.2) is 52.6 Å². The number of benzene rings is 4. The van der Waals surface area contributed by atoms with Gasteiger partial charge in [-0.05, 0) is 78.4 Å². The number of aromatic carboxylic acids is 1. The number of halogens is 3. The Bertz CT molecular complexity index is 1950. The van der Waals surface area contributed by atoms with Gasteiger partial charge in [-0.1, -0.05) is 12.1 Å². The minimum absolute atomic E-state index is 0.0890. The van der Waals surface area contributed by atoms with E-state index in [1.54, 1.807) is 12.1 Å². The first-order valence-electron chi connectivity index (χ1n) is 14.2. The van der Waals surface area contributed by atoms with E-state index in [1.807, 2.05) is 17.0 Å². The number of fused-ring (bicyclic) bond motifs is 1. The highest BCUT2D eigenvalue weighted by atomic mass is 19.1. The van der Waals surface area contributed by atoms with Gasteiger partial charge in [-0.2, -0.15) is 0 Å². The molecule has 1 fully saturated rings. The number of rotatable bonds is 7. The van der Waals surface area contributed by atoms with Gasteiger partial charge in [-0.15, -0.1) is 0 Å². The van der Waals surface area contributed by atoms with Gasteiger partial charge in [0.15, 0.2) is 0 Å². The SMILES string of the molecule is O=C(Nc1ccc(F)cc1)c1ccc(CN2CCN(c3cc4c(cc3F)c(=O)c(C(=O)O)cn4-c3ccc(F)cc3)CC2)cc1. The average molecular weight is 613 g/mol. The minimum Gasteiger partial charge on any atom is -0.477 e. The average Bonchev–Trinajstić information content (AvgIpc) is 3.03. The van der Waals surface area contributed by atoms with Crippen LogP contribution in [0.25, 0.3) is 16.6 Å². The van der Waals surface area contributed by atoms with Crippen LogP contribution in [0.1, 0.15) is 26.3 Å². The Hall–Kier alpha value is -5.42. The molecule has 0 radical (unpaired) electrons. The number of amides is 1. The lowest BCUT2D eigenvalue weighted by Crippen LogP contribution is -2.46. The molecule has 4 aromatic carbocycles. The molecule has 45 heavy (non-hydrogen) atoms. The lowest BCUT2D eigenvalue weighted by Gasteiger charge is -2.36. The van der Waals surface area contributed by atoms with Crippen molar-refractivity contribution in [2.45, 2.75) is 6.54 Å². The van der Waals surface area contributed by atoms with E-state index in [2.05, 4.69) is 10.2 Å². The molecule has 0 spiro atoms. The van der Waals surface area contributed by atoms with Gasteiger partial charge in [-0.25, -0.2) is 18.0 Å². The van der Waals surface area contributed by atoms with Gasteiger partial charge >= 0.3 is 5.97 Å². The molecule has 1 aromatic heterocycles. The molecule has 1 aliphatic heterocycles. The molecule has 1 saturated heterocycles. The number of anilines is 2. The van der Waals surface area contributed by atoms with E-state index in [1.165, 1.54) is 65.4 Å². The van der Waals surface area contributed by atoms with Crippen molar-refractivity contribution in [3.05, 3.63) is 135 Å². The standard InChI is InChI=1S/C34H27F3N4O4/c35-23-5-9-25(10-6-23)38-33(43)22-3-1-21(2-4-22)19-39-13-15-40(16-14-39)31-18-30-27(17-29(31)37)32(42)28(34(44)45)20-41(30)26-11-7-24(36)8-12-26/h1-12,17-18,20H,13-16,19H2,(H,38,43)(H,44,45). The normalized spacial score (nSPS) is 13.6. The number of carbonyl (C=O) groups excluding carboxylic acids is 1. The number of carboxylic acids is 1. The molecule has 6 rings (SSSR count). The molecule has 11 heteroatoms. The number of carbonyl (C=O) groups is 2. The summed E-state index contributed by atoms with van der Waals surface area (Å²) >= 11 is 0. The Morgan fingerprint density at radius 1 is 0.800 bits per heavy atom. The second-order valence-corrected chi connectivity index (χ2v) is 10.8. The van der Waals surface area contributed by atoms with E-state index < -0.39 is 28.6 Å². The van der Waals surface area contributed by atoms with E-state index in [-0.39, 0.29) is 22.8 Å². The summed E-state index contributed by atoms with van der Waals surface area (Å²) in [5.74, 6) is -3.25. The Morgan fingerprint density at radius 3 is 2.04 bits per heavy atom. The van der Waals surface area contributed by atoms with Crippen molar-refractivity contribution in [3.8, 4) is 5.69 Å². The molecule has 2 heterocycles. The second kappa shape index (κ2) is 12.3. The number of carboxylic acid groups (broad SMARTS) is 1. The molecular weight excluding hydrogens is 585 g/mol. The summed E-state index contributed by atoms with van der Waals surface area (Å²) in [7, 11) is 0. The van der Waals surface area contributed by atoms with Crippen LogP contribution in [0.5, 0.6) is 0 Å². The summed E-state index contributed by atoms with van der Waals surface area (Å²) < 4.78 is 43.7. The lowest BCUT2D eigenvalue weighted by molar-refractivity contribution is 0.0694. The molecule has 2 N–H and O–H groups in total. The summed E-state index contributed by atoms with van der Waals surface area (Å²) in [6.07, 6.45) is 1.18. The molecule has 228 valence electrons. The first-order chi connectivity index (χ1) is 21.7. The number of nitrogens with one attached hydrogen (secondary N) is 1. The van der Waals surface area contributed by atoms with Gasteiger partial charge in [0.05, 0.1) is 11.2 Å². The molecule has 0 bridgehead atoms. The van der Waals surface area contributed by atoms with Crippen LogP contribution < -0.4 is 15.6 Å². The number of aromatic nitrogens is 1. The monoisotopic (exact) mass is 612 g/mol. The molecule has 0 atom stereocenters. The highest BCUT2D eigenvalue weighted by Crippen LogP contribution is 2.28. The fraction of sp³-hybridized carbons (Fsp3) is 0.147. The summed E-state index contributed by atoms with van der Waals surface area (Å²) in [6.45, 7) is 2.85. The minimum atomic E-state index is -1.44. The molecule has 5 aromatic rings. The van der Waals surface area contributed by atoms with Crippen LogP contribution in [0.3, 0.4) is 0 Å². The van der Waals surface area contributed by atoms with Crippen molar-refractivity contribution in [1.82, 2.24) is 9.47 Å². The maximum atomic E-state index is 15.5. The maximum Gasteiger partial charge on any atom is 0.341 e. The first-order valence-corrected chi connectivity index (χ1v) is 14.2. The van der Waals surface area contributed by atoms with Crippen molar-refractivity contribution >= 4 is 34.2 Å². The molecule has 1 amide bonds. The van der Waals surface area contributed by atoms with Crippen LogP contribution in [-0.2, 0) is 6.54 Å². The van der Waals surface area contributed by atoms with Gasteiger partial charge in [-0.3, -0.25) is 14.5 Å². The molecule has 0 unspecified atom stereocenters. The quantitative estimate of drug-likeness (QED) is 0.246. The zero-order chi connectivity index (χ0) is 31.7. The number of hydrogen-bond donors (Lipinski definition) is 2. The van der Waals surface area contributed by atoms with Crippen LogP contribution in [0.2, 0.25) is 0 Å². The first kappa shape index (κ1) is 29.6. The topological polar surface area (TPSA) is 94.9 Å². The zero-order valence-corrected chi connectivity index (χ0v) is 23.8. The van der Waals surface area contributed by atoms with E-state index in [9.17, 15) is 28.3 Å². The summed E-state index contributed by atoms with van der Waals surface area (Å²) in [5.41, 5.74) is 1.64. The molecule has 8 nitrogen and oxygen atoms in total. The maximum absolute atomic E-state index is 15.5. The van der Waals surface area contributed by atoms with Crippen LogP contribution >= 0.6 is 0 Å². The summed E-state index contributed by atoms with van der Waals surface area (Å²) in [5, 5.41) is 12.2. The Balaban J connectivity index is 1.17. The number of pyridine rings is 1. The van der Waals surface area contributed by atoms with Crippen molar-refractivity contribution in [3.63, 3.8) is 0 Å². The number of piperazine rings is 1. The predicted octanol–water partition coefficient (Wildman–Crippen LogP) is 5.68. The van der Waals surface area contributed by atoms with Crippen LogP contribution in [0.15, 0.2) is 95.9 Å². The van der Waals surface area contributed by atoms with Crippen molar-refractivity contribution < 1.29 is 27.9 Å². The van der Waals surface area contributed by atoms with Crippen molar-refractivity contribution in [2.24, 2.45) is 0 Å². The molecule has 1 aliphatic rings. The van der Waals surface area contributed by atoms with E-state index >= 15 is 4.39 Å². The van der Waals surface area contributed by atoms with Gasteiger partial charge in [0.25, 0.3) is 5.91 Å². The van der Waals surface area contributed by atoms with Crippen molar-refractivity contribution in [2.75, 3.05) is 36.4 Å². The van der Waals surface area contributed by atoms with Crippen molar-refractivity contribution in [1.29, 1.82) is 0 Å². The lowest BCUT2D eigenvalue weighted by atomic mass is 10.1. The molecular formula is C34H27F3N4O4. The second-order valence-electron chi connectivity index (χ2n) is 10.8. The van der Waals surface area contributed by atoms with E-state index in [0.29, 0.717) is 55.2 Å². The third-order valence-corrected chi connectivity index (χ3v) is 7.84. The van der Waals surface area contributed by atoms with Gasteiger partial charge in [0.1, 0.15) is 23.0 Å². The summed E-state index contributed by atoms with van der Waals surface area (Å²) in [4.78, 5) is 41.3. The Kier molecular flexibility index (Phi) is 8.10. The van der Waals surface area contributed by atoms with E-state index in [0.717, 1.165) is 11.6 Å². The number of nitrogens with zero attached hydrogens (tertiary/aromatic N) is 3. The third kappa shape index (κ3) is 6.29.